The molecule has 10 nitrogen and oxygen atoms in total. The number of halogens is 1. The van der Waals surface area contributed by atoms with Crippen LogP contribution in [-0.4, -0.2) is 95.7 Å². The Morgan fingerprint density at radius 3 is 2.44 bits per heavy atom. The van der Waals surface area contributed by atoms with Crippen molar-refractivity contribution in [3.63, 3.8) is 0 Å². The molecule has 5 heterocycles. The molecule has 2 fully saturated rings. The second-order valence-electron chi connectivity index (χ2n) is 8.73. The van der Waals surface area contributed by atoms with Crippen LogP contribution in [0.1, 0.15) is 11.4 Å². The lowest BCUT2D eigenvalue weighted by atomic mass is 10.2. The van der Waals surface area contributed by atoms with Gasteiger partial charge in [-0.05, 0) is 19.1 Å². The molecule has 0 N–H and O–H groups in total. The fourth-order valence-electron chi connectivity index (χ4n) is 4.36. The van der Waals surface area contributed by atoms with Crippen LogP contribution in [0.4, 0.5) is 5.82 Å². The van der Waals surface area contributed by atoms with Gasteiger partial charge in [-0.1, -0.05) is 11.6 Å². The van der Waals surface area contributed by atoms with Gasteiger partial charge in [0.1, 0.15) is 10.8 Å². The Morgan fingerprint density at radius 1 is 1.06 bits per heavy atom. The summed E-state index contributed by atoms with van der Waals surface area (Å²) >= 11 is 6.85. The molecule has 5 rings (SSSR count). The van der Waals surface area contributed by atoms with Gasteiger partial charge in [-0.25, -0.2) is 18.4 Å². The Hall–Kier alpha value is -2.31. The number of imidazole rings is 1. The van der Waals surface area contributed by atoms with Crippen molar-refractivity contribution in [1.82, 2.24) is 28.6 Å². The number of pyridine rings is 1. The van der Waals surface area contributed by atoms with Gasteiger partial charge in [0.15, 0.2) is 11.5 Å². The minimum Gasteiger partial charge on any atom is -0.378 e. The van der Waals surface area contributed by atoms with Gasteiger partial charge in [-0.2, -0.15) is 4.31 Å². The van der Waals surface area contributed by atoms with Crippen LogP contribution in [0.25, 0.3) is 16.9 Å². The fourth-order valence-corrected chi connectivity index (χ4v) is 5.46. The number of sulfonamides is 1. The molecule has 2 saturated heterocycles. The van der Waals surface area contributed by atoms with Gasteiger partial charge >= 0.3 is 0 Å². The number of nitrogens with zero attached hydrogens (tertiary/aromatic N) is 7. The van der Waals surface area contributed by atoms with E-state index in [9.17, 15) is 8.42 Å². The van der Waals surface area contributed by atoms with Crippen LogP contribution in [0.3, 0.4) is 0 Å². The van der Waals surface area contributed by atoms with Crippen molar-refractivity contribution in [2.75, 3.05) is 63.6 Å². The van der Waals surface area contributed by atoms with Gasteiger partial charge in [0.2, 0.25) is 10.0 Å². The van der Waals surface area contributed by atoms with E-state index < -0.39 is 10.0 Å². The molecule has 3 aromatic heterocycles. The van der Waals surface area contributed by atoms with E-state index >= 15 is 0 Å². The van der Waals surface area contributed by atoms with E-state index in [1.165, 1.54) is 10.6 Å². The van der Waals surface area contributed by atoms with Crippen molar-refractivity contribution < 1.29 is 13.2 Å². The Bertz CT molecular complexity index is 1280. The molecule has 0 unspecified atom stereocenters. The standard InChI is InChI=1S/C22H28ClN7O3S/c1-16-3-4-17(13-24-16)19-20(23)30-15-18(14-27-5-7-29(8-6-27)34(2,31)32)25-22(30)21(26-19)28-9-11-33-12-10-28/h3-4,13,15H,5-12,14H2,1-2H3. The number of hydrogen-bond donors (Lipinski definition) is 0. The van der Waals surface area contributed by atoms with Gasteiger partial charge in [0.05, 0.1) is 25.2 Å². The van der Waals surface area contributed by atoms with Gasteiger partial charge < -0.3 is 9.64 Å². The Kier molecular flexibility index (Phi) is 6.47. The van der Waals surface area contributed by atoms with Gasteiger partial charge in [0.25, 0.3) is 0 Å². The molecule has 0 spiro atoms. The van der Waals surface area contributed by atoms with Crippen LogP contribution in [0, 0.1) is 6.92 Å². The molecule has 0 radical (unpaired) electrons. The monoisotopic (exact) mass is 505 g/mol. The molecular weight excluding hydrogens is 478 g/mol. The molecule has 2 aliphatic heterocycles. The maximum Gasteiger partial charge on any atom is 0.211 e. The van der Waals surface area contributed by atoms with Crippen molar-refractivity contribution in [2.24, 2.45) is 0 Å². The summed E-state index contributed by atoms with van der Waals surface area (Å²) in [4.78, 5) is 18.7. The van der Waals surface area contributed by atoms with Crippen LogP contribution in [0.15, 0.2) is 24.5 Å². The predicted octanol–water partition coefficient (Wildman–Crippen LogP) is 1.67. The first-order chi connectivity index (χ1) is 16.3. The number of ether oxygens (including phenoxy) is 1. The summed E-state index contributed by atoms with van der Waals surface area (Å²) in [5, 5.41) is 0.485. The number of rotatable bonds is 5. The summed E-state index contributed by atoms with van der Waals surface area (Å²) in [6.45, 7) is 7.56. The van der Waals surface area contributed by atoms with Gasteiger partial charge in [-0.15, -0.1) is 0 Å². The second kappa shape index (κ2) is 9.38. The molecule has 34 heavy (non-hydrogen) atoms. The van der Waals surface area contributed by atoms with Crippen LogP contribution < -0.4 is 4.90 Å². The van der Waals surface area contributed by atoms with Crippen LogP contribution in [-0.2, 0) is 21.3 Å². The van der Waals surface area contributed by atoms with Crippen molar-refractivity contribution in [3.05, 3.63) is 41.1 Å². The minimum absolute atomic E-state index is 0.484. The smallest absolute Gasteiger partial charge is 0.211 e. The summed E-state index contributed by atoms with van der Waals surface area (Å²) in [6, 6.07) is 3.92. The molecule has 0 aromatic carbocycles. The lowest BCUT2D eigenvalue weighted by Crippen LogP contribution is -2.47. The minimum atomic E-state index is -3.16. The number of piperazine rings is 1. The summed E-state index contributed by atoms with van der Waals surface area (Å²) in [7, 11) is -3.16. The predicted molar refractivity (Wildman–Crippen MR) is 131 cm³/mol. The fraction of sp³-hybridized carbons (Fsp3) is 0.500. The highest BCUT2D eigenvalue weighted by atomic mass is 35.5. The Balaban J connectivity index is 1.49. The average Bonchev–Trinajstić information content (AvgIpc) is 3.25. The third-order valence-electron chi connectivity index (χ3n) is 6.26. The maximum absolute atomic E-state index is 11.8. The Morgan fingerprint density at radius 2 is 1.79 bits per heavy atom. The normalized spacial score (nSPS) is 18.6. The van der Waals surface area contributed by atoms with Gasteiger partial charge in [0, 0.05) is 69.5 Å². The Labute approximate surface area is 204 Å². The number of morpholine rings is 1. The molecule has 0 atom stereocenters. The van der Waals surface area contributed by atoms with Crippen LogP contribution >= 0.6 is 11.6 Å². The summed E-state index contributed by atoms with van der Waals surface area (Å²) in [5.74, 6) is 0.774. The van der Waals surface area contributed by atoms with E-state index in [-0.39, 0.29) is 0 Å². The molecule has 182 valence electrons. The van der Waals surface area contributed by atoms with E-state index in [0.717, 1.165) is 35.9 Å². The van der Waals surface area contributed by atoms with Crippen molar-refractivity contribution in [1.29, 1.82) is 0 Å². The first kappa shape index (κ1) is 23.4. The SMILES string of the molecule is Cc1ccc(-c2nc(N3CCOCC3)c3nc(CN4CCN(S(C)(=O)=O)CC4)cn3c2Cl)cn1. The number of hydrogen-bond acceptors (Lipinski definition) is 8. The lowest BCUT2D eigenvalue weighted by Gasteiger charge is -2.32. The van der Waals surface area contributed by atoms with E-state index in [2.05, 4.69) is 14.8 Å². The van der Waals surface area contributed by atoms with E-state index in [1.807, 2.05) is 29.7 Å². The highest BCUT2D eigenvalue weighted by Gasteiger charge is 2.26. The first-order valence-corrected chi connectivity index (χ1v) is 13.5. The molecule has 0 amide bonds. The zero-order valence-corrected chi connectivity index (χ0v) is 20.9. The summed E-state index contributed by atoms with van der Waals surface area (Å²) < 4.78 is 32.6. The first-order valence-electron chi connectivity index (χ1n) is 11.3. The molecule has 3 aromatic rings. The van der Waals surface area contributed by atoms with E-state index in [0.29, 0.717) is 62.4 Å². The van der Waals surface area contributed by atoms with Gasteiger partial charge in [-0.3, -0.25) is 14.3 Å². The van der Waals surface area contributed by atoms with Crippen LogP contribution in [0.2, 0.25) is 5.15 Å². The largest absolute Gasteiger partial charge is 0.378 e. The molecular formula is C22H28ClN7O3S. The number of anilines is 1. The van der Waals surface area contributed by atoms with Crippen molar-refractivity contribution in [3.8, 4) is 11.3 Å². The van der Waals surface area contributed by atoms with E-state index in [1.54, 1.807) is 6.20 Å². The van der Waals surface area contributed by atoms with Crippen molar-refractivity contribution >= 4 is 33.1 Å². The third-order valence-corrected chi connectivity index (χ3v) is 7.93. The molecule has 0 saturated carbocycles. The van der Waals surface area contributed by atoms with Crippen molar-refractivity contribution in [2.45, 2.75) is 13.5 Å². The topological polar surface area (TPSA) is 96.2 Å². The number of aromatic nitrogens is 4. The number of aryl methyl sites for hydroxylation is 1. The highest BCUT2D eigenvalue weighted by molar-refractivity contribution is 7.88. The third kappa shape index (κ3) is 4.76. The van der Waals surface area contributed by atoms with Crippen LogP contribution in [0.5, 0.6) is 0 Å². The highest BCUT2D eigenvalue weighted by Crippen LogP contribution is 2.32. The molecule has 12 heteroatoms. The lowest BCUT2D eigenvalue weighted by molar-refractivity contribution is 0.122. The zero-order chi connectivity index (χ0) is 23.9. The average molecular weight is 506 g/mol. The quantitative estimate of drug-likeness (QED) is 0.516. The molecule has 0 aliphatic carbocycles. The number of fused-ring (bicyclic) bond motifs is 1. The summed E-state index contributed by atoms with van der Waals surface area (Å²) in [5.41, 5.74) is 4.01. The maximum atomic E-state index is 11.8. The summed E-state index contributed by atoms with van der Waals surface area (Å²) in [6.07, 6.45) is 5.00. The molecule has 0 bridgehead atoms. The van der Waals surface area contributed by atoms with E-state index in [4.69, 9.17) is 26.3 Å². The second-order valence-corrected chi connectivity index (χ2v) is 11.1. The zero-order valence-electron chi connectivity index (χ0n) is 19.3. The molecule has 2 aliphatic rings.